The third kappa shape index (κ3) is 2.08. The minimum atomic E-state index is -0.180. The number of H-pyrrole nitrogens is 1. The van der Waals surface area contributed by atoms with Crippen LogP contribution >= 0.6 is 0 Å². The molecule has 0 bridgehead atoms. The van der Waals surface area contributed by atoms with Crippen LogP contribution in [-0.2, 0) is 11.3 Å². The van der Waals surface area contributed by atoms with Gasteiger partial charge in [-0.2, -0.15) is 10.2 Å². The van der Waals surface area contributed by atoms with E-state index in [9.17, 15) is 4.79 Å². The third-order valence-electron chi connectivity index (χ3n) is 2.28. The van der Waals surface area contributed by atoms with Crippen LogP contribution in [0, 0.1) is 13.8 Å². The summed E-state index contributed by atoms with van der Waals surface area (Å²) in [5, 5.41) is 13.3. The van der Waals surface area contributed by atoms with Crippen LogP contribution < -0.4 is 5.32 Å². The summed E-state index contributed by atoms with van der Waals surface area (Å²) in [5.41, 5.74) is 1.88. The molecule has 84 valence electrons. The Hall–Kier alpha value is -2.18. The summed E-state index contributed by atoms with van der Waals surface area (Å²) in [7, 11) is 0. The highest BCUT2D eigenvalue weighted by Gasteiger charge is 2.09. The SMILES string of the molecule is Cc1[nH]nc(NC(=O)Cn2cncn2)c1C. The van der Waals surface area contributed by atoms with E-state index in [1.54, 1.807) is 0 Å². The quantitative estimate of drug-likeness (QED) is 0.776. The van der Waals surface area contributed by atoms with E-state index in [4.69, 9.17) is 0 Å². The van der Waals surface area contributed by atoms with Gasteiger partial charge >= 0.3 is 0 Å². The summed E-state index contributed by atoms with van der Waals surface area (Å²) in [6.45, 7) is 3.92. The molecule has 2 heterocycles. The number of nitrogens with zero attached hydrogens (tertiary/aromatic N) is 4. The van der Waals surface area contributed by atoms with Gasteiger partial charge in [-0.05, 0) is 13.8 Å². The van der Waals surface area contributed by atoms with Crippen molar-refractivity contribution < 1.29 is 4.79 Å². The molecule has 0 spiro atoms. The minimum absolute atomic E-state index is 0.130. The summed E-state index contributed by atoms with van der Waals surface area (Å²) < 4.78 is 1.45. The molecule has 7 heteroatoms. The standard InChI is InChI=1S/C9H12N6O/c1-6-7(2)13-14-9(6)12-8(16)3-15-5-10-4-11-15/h4-5H,3H2,1-2H3,(H2,12,13,14,16). The van der Waals surface area contributed by atoms with E-state index < -0.39 is 0 Å². The lowest BCUT2D eigenvalue weighted by Crippen LogP contribution is -2.19. The maximum absolute atomic E-state index is 11.6. The van der Waals surface area contributed by atoms with E-state index in [1.165, 1.54) is 17.3 Å². The van der Waals surface area contributed by atoms with E-state index in [0.717, 1.165) is 11.3 Å². The first kappa shape index (κ1) is 10.3. The Balaban J connectivity index is 2.00. The zero-order chi connectivity index (χ0) is 11.5. The molecule has 0 fully saturated rings. The zero-order valence-electron chi connectivity index (χ0n) is 9.06. The van der Waals surface area contributed by atoms with Crippen LogP contribution in [-0.4, -0.2) is 30.9 Å². The lowest BCUT2D eigenvalue weighted by Gasteiger charge is -2.02. The maximum Gasteiger partial charge on any atom is 0.247 e. The average molecular weight is 220 g/mol. The lowest BCUT2D eigenvalue weighted by molar-refractivity contribution is -0.116. The Kier molecular flexibility index (Phi) is 2.67. The second kappa shape index (κ2) is 4.13. The van der Waals surface area contributed by atoms with Gasteiger partial charge in [0, 0.05) is 11.3 Å². The molecule has 0 atom stereocenters. The Labute approximate surface area is 91.9 Å². The molecule has 2 rings (SSSR count). The fourth-order valence-electron chi connectivity index (χ4n) is 1.24. The summed E-state index contributed by atoms with van der Waals surface area (Å²) in [4.78, 5) is 15.3. The van der Waals surface area contributed by atoms with Gasteiger partial charge in [-0.3, -0.25) is 9.89 Å². The van der Waals surface area contributed by atoms with Crippen LogP contribution in [0.2, 0.25) is 0 Å². The highest BCUT2D eigenvalue weighted by Crippen LogP contribution is 2.13. The number of hydrogen-bond donors (Lipinski definition) is 2. The number of aromatic amines is 1. The predicted octanol–water partition coefficient (Wildman–Crippen LogP) is 0.257. The molecule has 2 N–H and O–H groups in total. The molecular formula is C9H12N6O. The van der Waals surface area contributed by atoms with Crippen LogP contribution in [0.5, 0.6) is 0 Å². The van der Waals surface area contributed by atoms with Gasteiger partial charge in [0.15, 0.2) is 5.82 Å². The number of aryl methyl sites for hydroxylation is 1. The van der Waals surface area contributed by atoms with Crippen LogP contribution in [0.25, 0.3) is 0 Å². The second-order valence-electron chi connectivity index (χ2n) is 3.46. The maximum atomic E-state index is 11.6. The van der Waals surface area contributed by atoms with Crippen molar-refractivity contribution >= 4 is 11.7 Å². The molecule has 2 aromatic heterocycles. The summed E-state index contributed by atoms with van der Waals surface area (Å²) in [6, 6.07) is 0. The van der Waals surface area contributed by atoms with E-state index >= 15 is 0 Å². The Morgan fingerprint density at radius 1 is 1.56 bits per heavy atom. The van der Waals surface area contributed by atoms with Gasteiger partial charge in [-0.1, -0.05) is 0 Å². The molecule has 0 aromatic carbocycles. The summed E-state index contributed by atoms with van der Waals surface area (Å²) in [6.07, 6.45) is 2.87. The fourth-order valence-corrected chi connectivity index (χ4v) is 1.24. The first-order chi connectivity index (χ1) is 7.66. The molecule has 1 amide bonds. The largest absolute Gasteiger partial charge is 0.307 e. The van der Waals surface area contributed by atoms with Gasteiger partial charge in [0.25, 0.3) is 0 Å². The Morgan fingerprint density at radius 2 is 2.38 bits per heavy atom. The zero-order valence-corrected chi connectivity index (χ0v) is 9.06. The summed E-state index contributed by atoms with van der Waals surface area (Å²) in [5.74, 6) is 0.378. The number of anilines is 1. The molecule has 7 nitrogen and oxygen atoms in total. The van der Waals surface area contributed by atoms with Gasteiger partial charge in [0.2, 0.25) is 5.91 Å². The molecule has 0 aliphatic heterocycles. The number of aromatic nitrogens is 5. The Morgan fingerprint density at radius 3 is 2.94 bits per heavy atom. The normalized spacial score (nSPS) is 10.4. The number of hydrogen-bond acceptors (Lipinski definition) is 4. The molecule has 0 saturated carbocycles. The van der Waals surface area contributed by atoms with Crippen molar-refractivity contribution in [2.45, 2.75) is 20.4 Å². The van der Waals surface area contributed by atoms with Gasteiger partial charge in [0.05, 0.1) is 0 Å². The smallest absolute Gasteiger partial charge is 0.247 e. The molecule has 2 aromatic rings. The van der Waals surface area contributed by atoms with Crippen molar-refractivity contribution in [3.8, 4) is 0 Å². The first-order valence-electron chi connectivity index (χ1n) is 4.80. The lowest BCUT2D eigenvalue weighted by atomic mass is 10.3. The van der Waals surface area contributed by atoms with E-state index in [-0.39, 0.29) is 12.5 Å². The van der Waals surface area contributed by atoms with Crippen LogP contribution in [0.3, 0.4) is 0 Å². The third-order valence-corrected chi connectivity index (χ3v) is 2.28. The van der Waals surface area contributed by atoms with Crippen molar-refractivity contribution in [1.82, 2.24) is 25.0 Å². The summed E-state index contributed by atoms with van der Waals surface area (Å²) >= 11 is 0. The molecule has 0 unspecified atom stereocenters. The van der Waals surface area contributed by atoms with E-state index in [2.05, 4.69) is 25.6 Å². The van der Waals surface area contributed by atoms with E-state index in [1.807, 2.05) is 13.8 Å². The van der Waals surface area contributed by atoms with Gasteiger partial charge in [-0.15, -0.1) is 0 Å². The Bertz CT molecular complexity index is 486. The van der Waals surface area contributed by atoms with Crippen LogP contribution in [0.4, 0.5) is 5.82 Å². The van der Waals surface area contributed by atoms with Crippen molar-refractivity contribution in [1.29, 1.82) is 0 Å². The molecule has 0 saturated heterocycles. The van der Waals surface area contributed by atoms with Gasteiger partial charge < -0.3 is 5.32 Å². The number of carbonyl (C=O) groups excluding carboxylic acids is 1. The number of nitrogens with one attached hydrogen (secondary N) is 2. The van der Waals surface area contributed by atoms with Crippen molar-refractivity contribution in [3.05, 3.63) is 23.9 Å². The highest BCUT2D eigenvalue weighted by atomic mass is 16.2. The van der Waals surface area contributed by atoms with Crippen LogP contribution in [0.15, 0.2) is 12.7 Å². The molecule has 16 heavy (non-hydrogen) atoms. The number of carbonyl (C=O) groups is 1. The first-order valence-corrected chi connectivity index (χ1v) is 4.80. The average Bonchev–Trinajstić information content (AvgIpc) is 2.83. The van der Waals surface area contributed by atoms with Crippen molar-refractivity contribution in [2.24, 2.45) is 0 Å². The number of rotatable bonds is 3. The molecule has 0 aliphatic rings. The minimum Gasteiger partial charge on any atom is -0.307 e. The predicted molar refractivity (Wildman–Crippen MR) is 56.7 cm³/mol. The second-order valence-corrected chi connectivity index (χ2v) is 3.46. The topological polar surface area (TPSA) is 88.5 Å². The number of amides is 1. The highest BCUT2D eigenvalue weighted by molar-refractivity contribution is 5.90. The molecule has 0 aliphatic carbocycles. The van der Waals surface area contributed by atoms with E-state index in [0.29, 0.717) is 5.82 Å². The van der Waals surface area contributed by atoms with Gasteiger partial charge in [-0.25, -0.2) is 9.67 Å². The molecule has 0 radical (unpaired) electrons. The fraction of sp³-hybridized carbons (Fsp3) is 0.333. The monoisotopic (exact) mass is 220 g/mol. The van der Waals surface area contributed by atoms with Gasteiger partial charge in [0.1, 0.15) is 19.2 Å². The molecular weight excluding hydrogens is 208 g/mol. The van der Waals surface area contributed by atoms with Crippen LogP contribution in [0.1, 0.15) is 11.3 Å². The van der Waals surface area contributed by atoms with Crippen molar-refractivity contribution in [2.75, 3.05) is 5.32 Å². The van der Waals surface area contributed by atoms with Crippen molar-refractivity contribution in [3.63, 3.8) is 0 Å².